The average Bonchev–Trinajstić information content (AvgIpc) is 3.52. The molecular weight excluding hydrogens is 430 g/mol. The van der Waals surface area contributed by atoms with Gasteiger partial charge >= 0.3 is 5.97 Å². The van der Waals surface area contributed by atoms with Crippen molar-refractivity contribution in [2.45, 2.75) is 50.5 Å². The van der Waals surface area contributed by atoms with E-state index in [0.717, 1.165) is 16.8 Å². The number of aromatic nitrogens is 2. The van der Waals surface area contributed by atoms with E-state index in [1.165, 1.54) is 4.68 Å². The van der Waals surface area contributed by atoms with Crippen LogP contribution in [0.15, 0.2) is 24.3 Å². The molecule has 5 rings (SSSR count). The van der Waals surface area contributed by atoms with Crippen molar-refractivity contribution in [3.05, 3.63) is 57.4 Å². The number of ether oxygens (including phenoxy) is 1. The van der Waals surface area contributed by atoms with Crippen LogP contribution in [0.5, 0.6) is 0 Å². The molecule has 1 atom stereocenters. The number of nitriles is 1. The number of halogens is 1. The van der Waals surface area contributed by atoms with Crippen molar-refractivity contribution in [1.82, 2.24) is 9.78 Å². The molecule has 1 saturated carbocycles. The van der Waals surface area contributed by atoms with Crippen molar-refractivity contribution >= 4 is 29.1 Å². The van der Waals surface area contributed by atoms with Crippen LogP contribution in [0.2, 0.25) is 5.02 Å². The summed E-state index contributed by atoms with van der Waals surface area (Å²) in [5.41, 5.74) is 3.70. The first-order valence-electron chi connectivity index (χ1n) is 10.8. The highest BCUT2D eigenvalue weighted by Gasteiger charge is 2.47. The lowest BCUT2D eigenvalue weighted by molar-refractivity contribution is -0.141. The molecule has 8 heteroatoms. The molecule has 1 N–H and O–H groups in total. The number of carbonyl (C=O) groups excluding carboxylic acids is 1. The number of benzene rings is 1. The highest BCUT2D eigenvalue weighted by Crippen LogP contribution is 2.50. The van der Waals surface area contributed by atoms with Crippen LogP contribution in [0.3, 0.4) is 0 Å². The Morgan fingerprint density at radius 1 is 1.31 bits per heavy atom. The summed E-state index contributed by atoms with van der Waals surface area (Å²) in [4.78, 5) is 25.1. The van der Waals surface area contributed by atoms with Gasteiger partial charge in [0.1, 0.15) is 0 Å². The van der Waals surface area contributed by atoms with Gasteiger partial charge in [0.15, 0.2) is 0 Å². The van der Waals surface area contributed by atoms with E-state index in [9.17, 15) is 20.0 Å². The van der Waals surface area contributed by atoms with Gasteiger partial charge in [0.2, 0.25) is 0 Å². The largest absolute Gasteiger partial charge is 0.481 e. The predicted molar refractivity (Wildman–Crippen MR) is 116 cm³/mol. The van der Waals surface area contributed by atoms with Crippen LogP contribution in [0.1, 0.15) is 65.0 Å². The minimum Gasteiger partial charge on any atom is -0.481 e. The van der Waals surface area contributed by atoms with E-state index in [0.29, 0.717) is 67.0 Å². The molecule has 7 nitrogen and oxygen atoms in total. The zero-order valence-electron chi connectivity index (χ0n) is 17.4. The Hall–Kier alpha value is -2.95. The van der Waals surface area contributed by atoms with Gasteiger partial charge in [-0.2, -0.15) is 15.0 Å². The third kappa shape index (κ3) is 3.35. The first-order valence-corrected chi connectivity index (χ1v) is 11.2. The second-order valence-corrected chi connectivity index (χ2v) is 9.10. The minimum absolute atomic E-state index is 0.266. The van der Waals surface area contributed by atoms with Crippen molar-refractivity contribution in [2.24, 2.45) is 5.92 Å². The van der Waals surface area contributed by atoms with Crippen molar-refractivity contribution in [2.75, 3.05) is 6.61 Å². The fourth-order valence-electron chi connectivity index (χ4n) is 4.75. The third-order valence-electron chi connectivity index (χ3n) is 6.79. The zero-order chi connectivity index (χ0) is 22.5. The molecule has 0 amide bonds. The monoisotopic (exact) mass is 451 g/mol. The van der Waals surface area contributed by atoms with Crippen LogP contribution in [0, 0.1) is 17.2 Å². The maximum Gasteiger partial charge on any atom is 0.306 e. The van der Waals surface area contributed by atoms with E-state index in [1.54, 1.807) is 18.2 Å². The van der Waals surface area contributed by atoms with E-state index in [4.69, 9.17) is 21.4 Å². The molecule has 3 aliphatic rings. The SMILES string of the molecule is N#CC1(c2cccc(Cl)c2C(=O)n2nc(C3=CCC(C(=O)O)CC3)c3c2COCC3)CC1. The molecule has 164 valence electrons. The van der Waals surface area contributed by atoms with E-state index >= 15 is 0 Å². The Balaban J connectivity index is 1.59. The molecule has 32 heavy (non-hydrogen) atoms. The van der Waals surface area contributed by atoms with Crippen LogP contribution in [-0.4, -0.2) is 33.4 Å². The first-order chi connectivity index (χ1) is 15.4. The normalized spacial score (nSPS) is 21.2. The summed E-state index contributed by atoms with van der Waals surface area (Å²) in [5.74, 6) is -1.53. The second-order valence-electron chi connectivity index (χ2n) is 8.69. The number of hydrogen-bond donors (Lipinski definition) is 1. The highest BCUT2D eigenvalue weighted by atomic mass is 35.5. The van der Waals surface area contributed by atoms with E-state index in [-0.39, 0.29) is 18.4 Å². The number of hydrogen-bond acceptors (Lipinski definition) is 5. The Labute approximate surface area is 190 Å². The van der Waals surface area contributed by atoms with Gasteiger partial charge in [0, 0.05) is 5.56 Å². The lowest BCUT2D eigenvalue weighted by Gasteiger charge is -2.19. The summed E-state index contributed by atoms with van der Waals surface area (Å²) >= 11 is 6.48. The topological polar surface area (TPSA) is 105 Å². The number of aliphatic carboxylic acids is 1. The number of carboxylic acid groups (broad SMARTS) is 1. The third-order valence-corrected chi connectivity index (χ3v) is 7.10. The Morgan fingerprint density at radius 3 is 2.78 bits per heavy atom. The van der Waals surface area contributed by atoms with Gasteiger partial charge in [-0.3, -0.25) is 9.59 Å². The standard InChI is InChI=1S/C24H22ClN3O4/c25-18-3-1-2-17(24(13-26)9-10-24)20(18)22(29)28-19-12-32-11-8-16(19)21(27-28)14-4-6-15(7-5-14)23(30)31/h1-4,15H,5-12H2,(H,30,31). The van der Waals surface area contributed by atoms with E-state index in [1.807, 2.05) is 6.08 Å². The van der Waals surface area contributed by atoms with Crippen LogP contribution in [0.4, 0.5) is 0 Å². The molecule has 2 heterocycles. The summed E-state index contributed by atoms with van der Waals surface area (Å²) in [5, 5.41) is 24.0. The van der Waals surface area contributed by atoms with Crippen molar-refractivity contribution < 1.29 is 19.4 Å². The first kappa shape index (κ1) is 20.9. The molecule has 2 aromatic rings. The van der Waals surface area contributed by atoms with Gasteiger partial charge in [-0.25, -0.2) is 0 Å². The number of fused-ring (bicyclic) bond motifs is 1. The maximum atomic E-state index is 13.7. The lowest BCUT2D eigenvalue weighted by Crippen LogP contribution is -2.23. The molecule has 1 aromatic carbocycles. The molecule has 0 radical (unpaired) electrons. The molecule has 1 fully saturated rings. The molecule has 0 saturated heterocycles. The van der Waals surface area contributed by atoms with E-state index < -0.39 is 11.4 Å². The average molecular weight is 452 g/mol. The van der Waals surface area contributed by atoms with Gasteiger partial charge in [-0.05, 0) is 55.7 Å². The molecule has 0 spiro atoms. The number of rotatable bonds is 4. The second kappa shape index (κ2) is 7.88. The van der Waals surface area contributed by atoms with Gasteiger partial charge in [0.05, 0.1) is 52.6 Å². The summed E-state index contributed by atoms with van der Waals surface area (Å²) in [7, 11) is 0. The Morgan fingerprint density at radius 2 is 2.12 bits per heavy atom. The maximum absolute atomic E-state index is 13.7. The van der Waals surface area contributed by atoms with E-state index in [2.05, 4.69) is 6.07 Å². The lowest BCUT2D eigenvalue weighted by atomic mass is 9.87. The summed E-state index contributed by atoms with van der Waals surface area (Å²) in [6, 6.07) is 7.59. The van der Waals surface area contributed by atoms with Crippen LogP contribution < -0.4 is 0 Å². The summed E-state index contributed by atoms with van der Waals surface area (Å²) < 4.78 is 7.02. The van der Waals surface area contributed by atoms with Crippen molar-refractivity contribution in [3.63, 3.8) is 0 Å². The number of allylic oxidation sites excluding steroid dienone is 2. The minimum atomic E-state index is -0.783. The smallest absolute Gasteiger partial charge is 0.306 e. The molecule has 0 bridgehead atoms. The Bertz CT molecular complexity index is 1200. The van der Waals surface area contributed by atoms with Crippen LogP contribution >= 0.6 is 11.6 Å². The van der Waals surface area contributed by atoms with Gasteiger partial charge in [-0.15, -0.1) is 0 Å². The summed E-state index contributed by atoms with van der Waals surface area (Å²) in [6.45, 7) is 0.808. The van der Waals surface area contributed by atoms with Gasteiger partial charge in [-0.1, -0.05) is 29.8 Å². The number of carbonyl (C=O) groups is 2. The molecule has 1 unspecified atom stereocenters. The molecular formula is C24H22ClN3O4. The Kier molecular flexibility index (Phi) is 5.15. The van der Waals surface area contributed by atoms with Gasteiger partial charge < -0.3 is 9.84 Å². The summed E-state index contributed by atoms with van der Waals surface area (Å²) in [6.07, 6.45) is 5.58. The highest BCUT2D eigenvalue weighted by molar-refractivity contribution is 6.34. The van der Waals surface area contributed by atoms with Crippen LogP contribution in [0.25, 0.3) is 5.57 Å². The quantitative estimate of drug-likeness (QED) is 0.749. The molecule has 1 aromatic heterocycles. The van der Waals surface area contributed by atoms with Crippen LogP contribution in [-0.2, 0) is 28.0 Å². The van der Waals surface area contributed by atoms with Gasteiger partial charge in [0.25, 0.3) is 5.91 Å². The fourth-order valence-corrected chi connectivity index (χ4v) is 5.01. The molecule has 2 aliphatic carbocycles. The fraction of sp³-hybridized carbons (Fsp3) is 0.417. The number of nitrogens with zero attached hydrogens (tertiary/aromatic N) is 3. The van der Waals surface area contributed by atoms with Crippen molar-refractivity contribution in [1.29, 1.82) is 5.26 Å². The zero-order valence-corrected chi connectivity index (χ0v) is 18.2. The van der Waals surface area contributed by atoms with Crippen molar-refractivity contribution in [3.8, 4) is 6.07 Å². The molecule has 1 aliphatic heterocycles. The number of carboxylic acids is 1. The predicted octanol–water partition coefficient (Wildman–Crippen LogP) is 4.12.